The molecule has 0 aromatic carbocycles. The molecule has 1 atom stereocenters. The number of H-pyrrole nitrogens is 1. The van der Waals surface area contributed by atoms with E-state index in [1.807, 2.05) is 32.0 Å². The lowest BCUT2D eigenvalue weighted by molar-refractivity contribution is 0.0709. The number of nitrogens with one attached hydrogen (secondary N) is 1. The second-order valence-corrected chi connectivity index (χ2v) is 8.16. The van der Waals surface area contributed by atoms with Crippen LogP contribution in [0.1, 0.15) is 46.7 Å². The molecule has 10 heteroatoms. The number of anilines is 1. The SMILES string of the molecule is CCc1nnsc1C(=O)N1CCC[C@H](c2cc3nc(N(C)C)ncc3c(=O)[nH]2)C1. The van der Waals surface area contributed by atoms with Gasteiger partial charge >= 0.3 is 0 Å². The van der Waals surface area contributed by atoms with E-state index in [0.717, 1.165) is 35.8 Å². The zero-order valence-corrected chi connectivity index (χ0v) is 17.5. The second-order valence-electron chi connectivity index (χ2n) is 7.41. The summed E-state index contributed by atoms with van der Waals surface area (Å²) in [6, 6.07) is 1.91. The van der Waals surface area contributed by atoms with Gasteiger partial charge < -0.3 is 14.8 Å². The Morgan fingerprint density at radius 3 is 3.00 bits per heavy atom. The van der Waals surface area contributed by atoms with Crippen LogP contribution >= 0.6 is 11.5 Å². The van der Waals surface area contributed by atoms with Crippen molar-refractivity contribution in [1.82, 2.24) is 29.4 Å². The van der Waals surface area contributed by atoms with Crippen LogP contribution in [0.4, 0.5) is 5.95 Å². The molecule has 4 rings (SSSR count). The summed E-state index contributed by atoms with van der Waals surface area (Å²) in [6.45, 7) is 3.21. The molecule has 3 aromatic heterocycles. The molecule has 3 aromatic rings. The fraction of sp³-hybridized carbons (Fsp3) is 0.474. The predicted octanol–water partition coefficient (Wildman–Crippen LogP) is 1.82. The number of carbonyl (C=O) groups is 1. The standard InChI is InChI=1S/C19H23N7O2S/c1-4-13-16(29-24-23-13)18(28)26-7-5-6-11(10-26)14-8-15-12(17(27)21-14)9-20-19(22-15)25(2)3/h8-9,11H,4-7,10H2,1-3H3,(H,21,27)/t11-/m0/s1. The lowest BCUT2D eigenvalue weighted by Crippen LogP contribution is -2.39. The number of carbonyl (C=O) groups excluding carboxylic acids is 1. The number of aryl methyl sites for hydroxylation is 1. The van der Waals surface area contributed by atoms with E-state index in [9.17, 15) is 9.59 Å². The molecule has 0 unspecified atom stereocenters. The van der Waals surface area contributed by atoms with Gasteiger partial charge in [0.2, 0.25) is 5.95 Å². The number of nitrogens with zero attached hydrogens (tertiary/aromatic N) is 6. The van der Waals surface area contributed by atoms with E-state index in [1.54, 1.807) is 11.1 Å². The van der Waals surface area contributed by atoms with E-state index in [2.05, 4.69) is 24.5 Å². The topological polar surface area (TPSA) is 108 Å². The minimum atomic E-state index is -0.203. The van der Waals surface area contributed by atoms with Crippen LogP contribution in [0.3, 0.4) is 0 Å². The van der Waals surface area contributed by atoms with Gasteiger partial charge in [0, 0.05) is 45.0 Å². The summed E-state index contributed by atoms with van der Waals surface area (Å²) in [7, 11) is 3.72. The van der Waals surface area contributed by atoms with Crippen LogP contribution in [-0.4, -0.2) is 62.5 Å². The van der Waals surface area contributed by atoms with E-state index >= 15 is 0 Å². The average molecular weight is 414 g/mol. The first-order valence-electron chi connectivity index (χ1n) is 9.65. The van der Waals surface area contributed by atoms with Crippen LogP contribution in [0.15, 0.2) is 17.1 Å². The van der Waals surface area contributed by atoms with Gasteiger partial charge in [-0.15, -0.1) is 5.10 Å². The maximum Gasteiger partial charge on any atom is 0.267 e. The van der Waals surface area contributed by atoms with Crippen LogP contribution in [0.25, 0.3) is 10.9 Å². The van der Waals surface area contributed by atoms with Crippen molar-refractivity contribution in [3.8, 4) is 0 Å². The highest BCUT2D eigenvalue weighted by Gasteiger charge is 2.29. The molecule has 1 amide bonds. The van der Waals surface area contributed by atoms with Gasteiger partial charge in [-0.25, -0.2) is 9.97 Å². The fourth-order valence-corrected chi connectivity index (χ4v) is 4.37. The van der Waals surface area contributed by atoms with Crippen molar-refractivity contribution in [2.24, 2.45) is 0 Å². The third-order valence-corrected chi connectivity index (χ3v) is 5.99. The van der Waals surface area contributed by atoms with Crippen molar-refractivity contribution in [3.05, 3.63) is 38.9 Å². The third kappa shape index (κ3) is 3.71. The molecule has 29 heavy (non-hydrogen) atoms. The largest absolute Gasteiger partial charge is 0.347 e. The summed E-state index contributed by atoms with van der Waals surface area (Å²) in [4.78, 5) is 41.5. The number of hydrogen-bond donors (Lipinski definition) is 1. The van der Waals surface area contributed by atoms with Gasteiger partial charge in [0.15, 0.2) is 0 Å². The molecule has 1 fully saturated rings. The van der Waals surface area contributed by atoms with E-state index in [0.29, 0.717) is 41.2 Å². The summed E-state index contributed by atoms with van der Waals surface area (Å²) in [5.74, 6) is 0.578. The number of hydrogen-bond acceptors (Lipinski definition) is 8. The average Bonchev–Trinajstić information content (AvgIpc) is 3.21. The smallest absolute Gasteiger partial charge is 0.267 e. The lowest BCUT2D eigenvalue weighted by Gasteiger charge is -2.32. The molecule has 0 saturated carbocycles. The van der Waals surface area contributed by atoms with Crippen molar-refractivity contribution < 1.29 is 4.79 Å². The summed E-state index contributed by atoms with van der Waals surface area (Å²) in [5, 5.41) is 4.52. The van der Waals surface area contributed by atoms with E-state index in [1.165, 1.54) is 0 Å². The lowest BCUT2D eigenvalue weighted by atomic mass is 9.93. The minimum Gasteiger partial charge on any atom is -0.347 e. The number of aromatic nitrogens is 5. The van der Waals surface area contributed by atoms with Crippen LogP contribution in [-0.2, 0) is 6.42 Å². The normalized spacial score (nSPS) is 16.9. The fourth-order valence-electron chi connectivity index (χ4n) is 3.65. The van der Waals surface area contributed by atoms with Crippen molar-refractivity contribution in [2.45, 2.75) is 32.1 Å². The first-order chi connectivity index (χ1) is 14.0. The molecular weight excluding hydrogens is 390 g/mol. The molecule has 152 valence electrons. The van der Waals surface area contributed by atoms with Crippen LogP contribution in [0, 0.1) is 0 Å². The van der Waals surface area contributed by atoms with Crippen molar-refractivity contribution in [1.29, 1.82) is 0 Å². The number of piperidine rings is 1. The summed E-state index contributed by atoms with van der Waals surface area (Å²) in [5.41, 5.74) is 1.97. The Bertz CT molecular complexity index is 1110. The van der Waals surface area contributed by atoms with E-state index < -0.39 is 0 Å². The second kappa shape index (κ2) is 7.86. The Balaban J connectivity index is 1.63. The van der Waals surface area contributed by atoms with Gasteiger partial charge in [0.05, 0.1) is 16.6 Å². The maximum absolute atomic E-state index is 13.0. The molecule has 0 aliphatic carbocycles. The van der Waals surface area contributed by atoms with Gasteiger partial charge in [0.25, 0.3) is 11.5 Å². The predicted molar refractivity (Wildman–Crippen MR) is 112 cm³/mol. The minimum absolute atomic E-state index is 0.0260. The zero-order valence-electron chi connectivity index (χ0n) is 16.7. The maximum atomic E-state index is 13.0. The van der Waals surface area contributed by atoms with Gasteiger partial charge in [-0.2, -0.15) is 0 Å². The van der Waals surface area contributed by atoms with Gasteiger partial charge in [-0.3, -0.25) is 9.59 Å². The molecule has 1 saturated heterocycles. The molecule has 1 aliphatic rings. The molecule has 9 nitrogen and oxygen atoms in total. The van der Waals surface area contributed by atoms with Crippen molar-refractivity contribution in [2.75, 3.05) is 32.1 Å². The first kappa shape index (κ1) is 19.4. The van der Waals surface area contributed by atoms with E-state index in [4.69, 9.17) is 0 Å². The Hall–Kier alpha value is -2.88. The monoisotopic (exact) mass is 413 g/mol. The number of likely N-dealkylation sites (tertiary alicyclic amines) is 1. The van der Waals surface area contributed by atoms with Gasteiger partial charge in [0.1, 0.15) is 4.88 Å². The van der Waals surface area contributed by atoms with Gasteiger partial charge in [-0.05, 0) is 36.9 Å². The Kier molecular flexibility index (Phi) is 5.27. The number of rotatable bonds is 4. The molecule has 0 radical (unpaired) electrons. The van der Waals surface area contributed by atoms with E-state index in [-0.39, 0.29) is 17.4 Å². The van der Waals surface area contributed by atoms with Crippen LogP contribution < -0.4 is 10.5 Å². The molecular formula is C19H23N7O2S. The van der Waals surface area contributed by atoms with Crippen LogP contribution in [0.2, 0.25) is 0 Å². The zero-order chi connectivity index (χ0) is 20.5. The summed E-state index contributed by atoms with van der Waals surface area (Å²) in [6.07, 6.45) is 4.01. The molecule has 1 N–H and O–H groups in total. The first-order valence-corrected chi connectivity index (χ1v) is 10.4. The quantitative estimate of drug-likeness (QED) is 0.695. The molecule has 1 aliphatic heterocycles. The number of pyridine rings is 1. The number of aromatic amines is 1. The third-order valence-electron chi connectivity index (χ3n) is 5.23. The Morgan fingerprint density at radius 1 is 1.41 bits per heavy atom. The summed E-state index contributed by atoms with van der Waals surface area (Å²) < 4.78 is 3.93. The van der Waals surface area contributed by atoms with Crippen LogP contribution in [0.5, 0.6) is 0 Å². The van der Waals surface area contributed by atoms with Gasteiger partial charge in [-0.1, -0.05) is 11.4 Å². The highest BCUT2D eigenvalue weighted by Crippen LogP contribution is 2.28. The molecule has 4 heterocycles. The highest BCUT2D eigenvalue weighted by molar-refractivity contribution is 7.08. The van der Waals surface area contributed by atoms with Crippen molar-refractivity contribution in [3.63, 3.8) is 0 Å². The Labute approximate surface area is 172 Å². The molecule has 0 bridgehead atoms. The number of amides is 1. The summed E-state index contributed by atoms with van der Waals surface area (Å²) >= 11 is 1.15. The number of fused-ring (bicyclic) bond motifs is 1. The highest BCUT2D eigenvalue weighted by atomic mass is 32.1. The Morgan fingerprint density at radius 2 is 2.24 bits per heavy atom. The van der Waals surface area contributed by atoms with Crippen molar-refractivity contribution >= 4 is 34.3 Å². The molecule has 0 spiro atoms.